The van der Waals surface area contributed by atoms with Gasteiger partial charge in [-0.2, -0.15) is 0 Å². The Morgan fingerprint density at radius 3 is 1.62 bits per heavy atom. The van der Waals surface area contributed by atoms with Crippen LogP contribution in [0.2, 0.25) is 0 Å². The standard InChI is InChI=1S/C10H10Cl6/c11-1-9(2-12)5-3-4(5)7(14)10(9,6(3)13)8(15)16/h3-8H,1-2H2/t3?,4?,5?,6-,7+,10?. The van der Waals surface area contributed by atoms with Crippen LogP contribution in [0.25, 0.3) is 0 Å². The van der Waals surface area contributed by atoms with Gasteiger partial charge in [0.1, 0.15) is 4.84 Å². The van der Waals surface area contributed by atoms with E-state index in [4.69, 9.17) is 69.6 Å². The minimum atomic E-state index is -0.616. The Morgan fingerprint density at radius 2 is 1.38 bits per heavy atom. The zero-order valence-electron chi connectivity index (χ0n) is 8.15. The quantitative estimate of drug-likeness (QED) is 0.669. The van der Waals surface area contributed by atoms with Gasteiger partial charge in [-0.3, -0.25) is 0 Å². The number of halogens is 6. The molecule has 0 amide bonds. The lowest BCUT2D eigenvalue weighted by Crippen LogP contribution is -2.51. The third-order valence-corrected chi connectivity index (χ3v) is 8.04. The van der Waals surface area contributed by atoms with Gasteiger partial charge >= 0.3 is 0 Å². The molecule has 0 radical (unpaired) electrons. The van der Waals surface area contributed by atoms with E-state index in [1.807, 2.05) is 0 Å². The van der Waals surface area contributed by atoms with Crippen LogP contribution in [0.4, 0.5) is 0 Å². The molecule has 0 heterocycles. The molecule has 4 aliphatic rings. The van der Waals surface area contributed by atoms with Gasteiger partial charge in [-0.05, 0) is 17.8 Å². The van der Waals surface area contributed by atoms with E-state index in [1.165, 1.54) is 0 Å². The Labute approximate surface area is 125 Å². The first-order valence-electron chi connectivity index (χ1n) is 5.19. The maximum atomic E-state index is 6.51. The van der Waals surface area contributed by atoms with Gasteiger partial charge in [0.2, 0.25) is 0 Å². The fourth-order valence-electron chi connectivity index (χ4n) is 4.38. The highest BCUT2D eigenvalue weighted by Gasteiger charge is 2.90. The van der Waals surface area contributed by atoms with E-state index in [-0.39, 0.29) is 16.2 Å². The Hall–Kier alpha value is 1.74. The van der Waals surface area contributed by atoms with Gasteiger partial charge < -0.3 is 0 Å². The second-order valence-corrected chi connectivity index (χ2v) is 7.71. The summed E-state index contributed by atoms with van der Waals surface area (Å²) in [6.45, 7) is 0. The average molecular weight is 343 g/mol. The van der Waals surface area contributed by atoms with Crippen LogP contribution >= 0.6 is 69.6 Å². The molecule has 0 spiro atoms. The minimum Gasteiger partial charge on any atom is -0.126 e. The van der Waals surface area contributed by atoms with E-state index in [0.717, 1.165) is 0 Å². The lowest BCUT2D eigenvalue weighted by Gasteiger charge is -2.45. The molecular weight excluding hydrogens is 333 g/mol. The van der Waals surface area contributed by atoms with Gasteiger partial charge in [-0.15, -0.1) is 69.6 Å². The molecule has 0 nitrogen and oxygen atoms in total. The van der Waals surface area contributed by atoms with Crippen LogP contribution in [0.5, 0.6) is 0 Å². The van der Waals surface area contributed by atoms with Crippen molar-refractivity contribution in [2.45, 2.75) is 15.6 Å². The SMILES string of the molecule is ClCC1(CCl)C2C3C2[C@H](Cl)C1(C(Cl)Cl)[C@@H]3Cl. The summed E-state index contributed by atoms with van der Waals surface area (Å²) in [5.74, 6) is 2.07. The van der Waals surface area contributed by atoms with Crippen molar-refractivity contribution in [2.75, 3.05) is 11.8 Å². The molecule has 4 bridgehead atoms. The van der Waals surface area contributed by atoms with Gasteiger partial charge in [-0.25, -0.2) is 0 Å². The van der Waals surface area contributed by atoms with Crippen molar-refractivity contribution in [1.82, 2.24) is 0 Å². The highest BCUT2D eigenvalue weighted by Crippen LogP contribution is 2.87. The van der Waals surface area contributed by atoms with Crippen molar-refractivity contribution in [2.24, 2.45) is 28.6 Å². The van der Waals surface area contributed by atoms with Crippen molar-refractivity contribution < 1.29 is 0 Å². The molecule has 4 fully saturated rings. The normalized spacial score (nSPS) is 56.1. The second-order valence-electron chi connectivity index (χ2n) is 5.14. The third-order valence-electron chi connectivity index (χ3n) is 5.06. The summed E-state index contributed by atoms with van der Waals surface area (Å²) in [5, 5.41) is -0.190. The van der Waals surface area contributed by atoms with Gasteiger partial charge in [0.05, 0.1) is 0 Å². The van der Waals surface area contributed by atoms with Crippen molar-refractivity contribution in [3.8, 4) is 0 Å². The maximum Gasteiger partial charge on any atom is 0.116 e. The Balaban J connectivity index is 2.16. The zero-order valence-corrected chi connectivity index (χ0v) is 12.7. The van der Waals surface area contributed by atoms with Crippen LogP contribution in [-0.2, 0) is 0 Å². The number of hydrogen-bond acceptors (Lipinski definition) is 0. The molecule has 0 saturated heterocycles. The van der Waals surface area contributed by atoms with Crippen LogP contribution in [0, 0.1) is 28.6 Å². The molecule has 4 saturated carbocycles. The lowest BCUT2D eigenvalue weighted by molar-refractivity contribution is 0.159. The zero-order chi connectivity index (χ0) is 11.9. The molecule has 4 unspecified atom stereocenters. The summed E-state index contributed by atoms with van der Waals surface area (Å²) >= 11 is 37.7. The predicted molar refractivity (Wildman–Crippen MR) is 71.6 cm³/mol. The van der Waals surface area contributed by atoms with E-state index in [0.29, 0.717) is 29.5 Å². The van der Waals surface area contributed by atoms with Gasteiger partial charge in [-0.1, -0.05) is 0 Å². The summed E-state index contributed by atoms with van der Waals surface area (Å²) in [4.78, 5) is -0.616. The summed E-state index contributed by atoms with van der Waals surface area (Å²) in [5.41, 5.74) is -0.818. The van der Waals surface area contributed by atoms with Crippen molar-refractivity contribution >= 4 is 69.6 Å². The topological polar surface area (TPSA) is 0 Å². The van der Waals surface area contributed by atoms with Gasteiger partial charge in [0, 0.05) is 33.3 Å². The molecule has 0 aliphatic heterocycles. The molecule has 16 heavy (non-hydrogen) atoms. The lowest BCUT2D eigenvalue weighted by atomic mass is 9.70. The molecule has 0 aromatic heterocycles. The van der Waals surface area contributed by atoms with Crippen molar-refractivity contribution in [3.05, 3.63) is 0 Å². The first kappa shape index (κ1) is 12.8. The molecule has 6 atom stereocenters. The highest BCUT2D eigenvalue weighted by molar-refractivity contribution is 6.46. The molecule has 0 aromatic carbocycles. The van der Waals surface area contributed by atoms with Crippen LogP contribution < -0.4 is 0 Å². The summed E-state index contributed by atoms with van der Waals surface area (Å²) < 4.78 is 0. The highest BCUT2D eigenvalue weighted by atomic mass is 35.5. The van der Waals surface area contributed by atoms with E-state index in [1.54, 1.807) is 0 Å². The van der Waals surface area contributed by atoms with Crippen molar-refractivity contribution in [3.63, 3.8) is 0 Å². The van der Waals surface area contributed by atoms with E-state index in [2.05, 4.69) is 0 Å². The second kappa shape index (κ2) is 3.64. The monoisotopic (exact) mass is 340 g/mol. The van der Waals surface area contributed by atoms with Gasteiger partial charge in [0.25, 0.3) is 0 Å². The fourth-order valence-corrected chi connectivity index (χ4v) is 8.39. The summed E-state index contributed by atoms with van der Waals surface area (Å²) in [6, 6.07) is 0. The molecule has 4 rings (SSSR count). The van der Waals surface area contributed by atoms with Crippen LogP contribution in [0.1, 0.15) is 0 Å². The summed E-state index contributed by atoms with van der Waals surface area (Å²) in [6.07, 6.45) is 0. The molecule has 6 heteroatoms. The molecule has 4 aliphatic carbocycles. The maximum absolute atomic E-state index is 6.51. The number of alkyl halides is 6. The molecule has 0 N–H and O–H groups in total. The third kappa shape index (κ3) is 0.991. The van der Waals surface area contributed by atoms with E-state index in [9.17, 15) is 0 Å². The summed E-state index contributed by atoms with van der Waals surface area (Å²) in [7, 11) is 0. The molecule has 0 aromatic rings. The van der Waals surface area contributed by atoms with Crippen LogP contribution in [-0.4, -0.2) is 27.4 Å². The average Bonchev–Trinajstić information content (AvgIpc) is 2.82. The first-order chi connectivity index (χ1) is 7.50. The van der Waals surface area contributed by atoms with Crippen LogP contribution in [0.15, 0.2) is 0 Å². The Bertz CT molecular complexity index is 305. The Morgan fingerprint density at radius 1 is 0.938 bits per heavy atom. The fraction of sp³-hybridized carbons (Fsp3) is 1.00. The van der Waals surface area contributed by atoms with E-state index < -0.39 is 10.3 Å². The number of hydrogen-bond donors (Lipinski definition) is 0. The van der Waals surface area contributed by atoms with Gasteiger partial charge in [0.15, 0.2) is 0 Å². The number of rotatable bonds is 3. The smallest absolute Gasteiger partial charge is 0.116 e. The van der Waals surface area contributed by atoms with E-state index >= 15 is 0 Å². The van der Waals surface area contributed by atoms with Crippen molar-refractivity contribution in [1.29, 1.82) is 0 Å². The minimum absolute atomic E-state index is 0.0949. The first-order valence-corrected chi connectivity index (χ1v) is 8.00. The molecular formula is C10H10Cl6. The predicted octanol–water partition coefficient (Wildman–Crippen LogP) is 4.34. The largest absolute Gasteiger partial charge is 0.126 e. The Kier molecular flexibility index (Phi) is 2.90. The molecule has 92 valence electrons. The van der Waals surface area contributed by atoms with Crippen LogP contribution in [0.3, 0.4) is 0 Å².